The molecule has 0 atom stereocenters. The van der Waals surface area contributed by atoms with Crippen LogP contribution < -0.4 is 4.90 Å². The largest absolute Gasteiger partial charge is 0.456 e. The molecule has 9 aromatic rings. The molecular formula is C60H53NO. The lowest BCUT2D eigenvalue weighted by Gasteiger charge is -2.35. The molecule has 2 heteroatoms. The SMILES string of the molecule is CC(C)(C)c1cc(C(C)(C)C)c2c(c1)oc1cccc(N(c3cccc(C4(c5ccccc5)c5ccccc5-c5ccccc54)c3)c3ccc4c(c3)C(C)(C)c3ccccc3-4)c12. The maximum absolute atomic E-state index is 6.97. The molecule has 0 amide bonds. The summed E-state index contributed by atoms with van der Waals surface area (Å²) in [5.41, 5.74) is 19.9. The van der Waals surface area contributed by atoms with Crippen LogP contribution in [0.25, 0.3) is 44.2 Å². The van der Waals surface area contributed by atoms with Gasteiger partial charge in [-0.1, -0.05) is 189 Å². The normalized spacial score (nSPS) is 14.7. The summed E-state index contributed by atoms with van der Waals surface area (Å²) in [7, 11) is 0. The average molecular weight is 804 g/mol. The zero-order valence-electron chi connectivity index (χ0n) is 37.1. The summed E-state index contributed by atoms with van der Waals surface area (Å²) in [6.45, 7) is 18.6. The molecule has 0 saturated heterocycles. The highest BCUT2D eigenvalue weighted by Gasteiger charge is 2.46. The molecule has 8 aromatic carbocycles. The summed E-state index contributed by atoms with van der Waals surface area (Å²) in [5, 5.41) is 2.32. The second-order valence-electron chi connectivity index (χ2n) is 20.1. The Kier molecular flexibility index (Phi) is 8.29. The minimum atomic E-state index is -0.533. The van der Waals surface area contributed by atoms with Crippen molar-refractivity contribution in [1.82, 2.24) is 0 Å². The number of hydrogen-bond donors (Lipinski definition) is 0. The van der Waals surface area contributed by atoms with Gasteiger partial charge < -0.3 is 9.32 Å². The summed E-state index contributed by atoms with van der Waals surface area (Å²) in [6.07, 6.45) is 0. The number of benzene rings is 8. The van der Waals surface area contributed by atoms with Crippen LogP contribution in [0, 0.1) is 0 Å². The molecule has 304 valence electrons. The first-order valence-electron chi connectivity index (χ1n) is 22.2. The van der Waals surface area contributed by atoms with Crippen molar-refractivity contribution >= 4 is 39.0 Å². The lowest BCUT2D eigenvalue weighted by Crippen LogP contribution is -2.28. The molecule has 0 N–H and O–H groups in total. The lowest BCUT2D eigenvalue weighted by atomic mass is 9.67. The van der Waals surface area contributed by atoms with Gasteiger partial charge in [0.05, 0.1) is 16.5 Å². The Morgan fingerprint density at radius 2 is 0.984 bits per heavy atom. The Morgan fingerprint density at radius 1 is 0.419 bits per heavy atom. The van der Waals surface area contributed by atoms with Crippen molar-refractivity contribution in [3.05, 3.63) is 220 Å². The summed E-state index contributed by atoms with van der Waals surface area (Å²) in [5.74, 6) is 0. The zero-order valence-corrected chi connectivity index (χ0v) is 37.1. The lowest BCUT2D eigenvalue weighted by molar-refractivity contribution is 0.569. The van der Waals surface area contributed by atoms with E-state index in [0.717, 1.165) is 33.6 Å². The van der Waals surface area contributed by atoms with Crippen LogP contribution in [0.5, 0.6) is 0 Å². The first-order chi connectivity index (χ1) is 29.8. The van der Waals surface area contributed by atoms with Gasteiger partial charge in [0.1, 0.15) is 11.2 Å². The van der Waals surface area contributed by atoms with Gasteiger partial charge in [0, 0.05) is 22.2 Å². The molecule has 2 aliphatic carbocycles. The van der Waals surface area contributed by atoms with Crippen LogP contribution >= 0.6 is 0 Å². The third kappa shape index (κ3) is 5.48. The van der Waals surface area contributed by atoms with Crippen molar-refractivity contribution in [2.45, 2.75) is 77.0 Å². The van der Waals surface area contributed by atoms with Crippen LogP contribution in [0.4, 0.5) is 17.1 Å². The molecule has 0 bridgehead atoms. The highest BCUT2D eigenvalue weighted by molar-refractivity contribution is 6.15. The summed E-state index contributed by atoms with van der Waals surface area (Å²) >= 11 is 0. The van der Waals surface area contributed by atoms with Crippen molar-refractivity contribution in [2.24, 2.45) is 0 Å². The monoisotopic (exact) mass is 803 g/mol. The zero-order chi connectivity index (χ0) is 42.8. The molecule has 0 saturated carbocycles. The Hall–Kier alpha value is -6.64. The molecular weight excluding hydrogens is 751 g/mol. The molecule has 2 nitrogen and oxygen atoms in total. The minimum Gasteiger partial charge on any atom is -0.456 e. The molecule has 0 fully saturated rings. The van der Waals surface area contributed by atoms with Crippen molar-refractivity contribution in [1.29, 1.82) is 0 Å². The minimum absolute atomic E-state index is 0.0382. The molecule has 0 spiro atoms. The van der Waals surface area contributed by atoms with Crippen molar-refractivity contribution in [3.8, 4) is 22.3 Å². The van der Waals surface area contributed by atoms with Crippen LogP contribution in [0.3, 0.4) is 0 Å². The van der Waals surface area contributed by atoms with Gasteiger partial charge in [-0.05, 0) is 120 Å². The van der Waals surface area contributed by atoms with Crippen LogP contribution in [-0.4, -0.2) is 0 Å². The summed E-state index contributed by atoms with van der Waals surface area (Å²) < 4.78 is 6.97. The number of nitrogens with zero attached hydrogens (tertiary/aromatic N) is 1. The third-order valence-electron chi connectivity index (χ3n) is 14.0. The van der Waals surface area contributed by atoms with E-state index < -0.39 is 5.41 Å². The van der Waals surface area contributed by atoms with Crippen LogP contribution in [-0.2, 0) is 21.7 Å². The van der Waals surface area contributed by atoms with E-state index in [1.54, 1.807) is 0 Å². The first-order valence-corrected chi connectivity index (χ1v) is 22.2. The topological polar surface area (TPSA) is 16.4 Å². The second-order valence-corrected chi connectivity index (χ2v) is 20.1. The molecule has 0 aliphatic heterocycles. The van der Waals surface area contributed by atoms with Gasteiger partial charge in [0.15, 0.2) is 0 Å². The predicted molar refractivity (Wildman–Crippen MR) is 261 cm³/mol. The van der Waals surface area contributed by atoms with Crippen LogP contribution in [0.1, 0.15) is 99.9 Å². The fourth-order valence-electron chi connectivity index (χ4n) is 11.0. The third-order valence-corrected chi connectivity index (χ3v) is 14.0. The van der Waals surface area contributed by atoms with E-state index in [1.165, 1.54) is 72.1 Å². The van der Waals surface area contributed by atoms with Gasteiger partial charge in [0.25, 0.3) is 0 Å². The van der Waals surface area contributed by atoms with Gasteiger partial charge in [0.2, 0.25) is 0 Å². The van der Waals surface area contributed by atoms with Crippen LogP contribution in [0.2, 0.25) is 0 Å². The van der Waals surface area contributed by atoms with Gasteiger partial charge in [-0.2, -0.15) is 0 Å². The summed E-state index contributed by atoms with van der Waals surface area (Å²) in [6, 6.07) is 65.9. The highest BCUT2D eigenvalue weighted by Crippen LogP contribution is 2.57. The van der Waals surface area contributed by atoms with Crippen LogP contribution in [0.15, 0.2) is 180 Å². The van der Waals surface area contributed by atoms with E-state index in [2.05, 4.69) is 236 Å². The molecule has 0 radical (unpaired) electrons. The molecule has 62 heavy (non-hydrogen) atoms. The summed E-state index contributed by atoms with van der Waals surface area (Å²) in [4.78, 5) is 2.51. The van der Waals surface area contributed by atoms with Crippen molar-refractivity contribution < 1.29 is 4.42 Å². The molecule has 1 heterocycles. The first kappa shape index (κ1) is 38.3. The number of furan rings is 1. The number of fused-ring (bicyclic) bond motifs is 9. The van der Waals surface area contributed by atoms with Gasteiger partial charge in [-0.3, -0.25) is 0 Å². The fourth-order valence-corrected chi connectivity index (χ4v) is 11.0. The molecule has 11 rings (SSSR count). The molecule has 0 unspecified atom stereocenters. The highest BCUT2D eigenvalue weighted by atomic mass is 16.3. The van der Waals surface area contributed by atoms with Gasteiger partial charge >= 0.3 is 0 Å². The Morgan fingerprint density at radius 3 is 1.65 bits per heavy atom. The van der Waals surface area contributed by atoms with E-state index in [1.807, 2.05) is 0 Å². The Balaban J connectivity index is 1.23. The number of rotatable bonds is 5. The molecule has 2 aliphatic rings. The van der Waals surface area contributed by atoms with E-state index in [4.69, 9.17) is 4.42 Å². The van der Waals surface area contributed by atoms with E-state index >= 15 is 0 Å². The van der Waals surface area contributed by atoms with Gasteiger partial charge in [-0.15, -0.1) is 0 Å². The quantitative estimate of drug-likeness (QED) is 0.172. The van der Waals surface area contributed by atoms with Gasteiger partial charge in [-0.25, -0.2) is 0 Å². The second kappa shape index (κ2) is 13.4. The smallest absolute Gasteiger partial charge is 0.137 e. The van der Waals surface area contributed by atoms with Crippen molar-refractivity contribution in [3.63, 3.8) is 0 Å². The molecule has 1 aromatic heterocycles. The van der Waals surface area contributed by atoms with E-state index in [9.17, 15) is 0 Å². The number of hydrogen-bond acceptors (Lipinski definition) is 2. The average Bonchev–Trinajstić information content (AvgIpc) is 3.88. The standard InChI is InChI=1S/C60H53NO/c1-57(2,3)40-35-51(58(4,5)6)55-54(36-40)62-53-31-19-30-52(56(53)55)61(42-32-33-46-43-24-12-15-27-47(43)59(7,8)50(46)37-42)41-23-18-22-39(34-41)60(38-20-10-9-11-21-38)48-28-16-13-25-44(48)45-26-14-17-29-49(45)60/h9-37H,1-8H3. The Bertz CT molecular complexity index is 3190. The maximum Gasteiger partial charge on any atom is 0.137 e. The fraction of sp³-hybridized carbons (Fsp3) is 0.200. The van der Waals surface area contributed by atoms with E-state index in [0.29, 0.717) is 0 Å². The Labute approximate surface area is 366 Å². The predicted octanol–water partition coefficient (Wildman–Crippen LogP) is 16.3. The maximum atomic E-state index is 6.97. The van der Waals surface area contributed by atoms with Crippen molar-refractivity contribution in [2.75, 3.05) is 4.90 Å². The number of anilines is 3. The van der Waals surface area contributed by atoms with E-state index in [-0.39, 0.29) is 16.2 Å².